The second kappa shape index (κ2) is 2.77. The van der Waals surface area contributed by atoms with Crippen molar-refractivity contribution < 1.29 is 13.2 Å². The molecule has 0 aliphatic carbocycles. The smallest absolute Gasteiger partial charge is 0.378 e. The maximum atomic E-state index is 11.9. The van der Waals surface area contributed by atoms with Gasteiger partial charge in [0.1, 0.15) is 0 Å². The third kappa shape index (κ3) is 2.14. The van der Waals surface area contributed by atoms with E-state index < -0.39 is 11.7 Å². The number of thioether (sulfide) groups is 1. The molecule has 0 saturated heterocycles. The van der Waals surface area contributed by atoms with E-state index in [2.05, 4.69) is 4.99 Å². The van der Waals surface area contributed by atoms with Gasteiger partial charge >= 0.3 is 6.18 Å². The zero-order valence-corrected chi connectivity index (χ0v) is 6.17. The summed E-state index contributed by atoms with van der Waals surface area (Å²) in [5.41, 5.74) is 4.50. The van der Waals surface area contributed by atoms with E-state index in [1.54, 1.807) is 0 Å². The Morgan fingerprint density at radius 2 is 2.18 bits per heavy atom. The number of alkyl halides is 3. The summed E-state index contributed by atoms with van der Waals surface area (Å²) in [6.45, 7) is -0.359. The summed E-state index contributed by atoms with van der Waals surface area (Å²) in [5.74, 6) is 0. The average molecular weight is 182 g/mol. The lowest BCUT2D eigenvalue weighted by molar-refractivity contribution is -0.0919. The lowest BCUT2D eigenvalue weighted by Gasteiger charge is -2.12. The first-order valence-corrected chi connectivity index (χ1v) is 3.61. The van der Waals surface area contributed by atoms with Gasteiger partial charge < -0.3 is 5.73 Å². The molecule has 0 amide bonds. The summed E-state index contributed by atoms with van der Waals surface area (Å²) in [6, 6.07) is 0. The Labute approximate surface area is 65.4 Å². The number of rotatable bonds is 0. The predicted molar refractivity (Wildman–Crippen MR) is 38.2 cm³/mol. The highest BCUT2D eigenvalue weighted by atomic mass is 32.2. The molecule has 11 heavy (non-hydrogen) atoms. The van der Waals surface area contributed by atoms with E-state index in [4.69, 9.17) is 5.73 Å². The maximum Gasteiger partial charge on any atom is 0.414 e. The first kappa shape index (κ1) is 8.45. The molecule has 6 heteroatoms. The summed E-state index contributed by atoms with van der Waals surface area (Å²) in [4.78, 5) is 3.45. The van der Waals surface area contributed by atoms with Crippen LogP contribution in [0.3, 0.4) is 0 Å². The molecule has 0 spiro atoms. The minimum Gasteiger partial charge on any atom is -0.378 e. The minimum atomic E-state index is -4.27. The number of nitrogens with zero attached hydrogens (tertiary/aromatic N) is 1. The average Bonchev–Trinajstić information content (AvgIpc) is 1.86. The van der Waals surface area contributed by atoms with Gasteiger partial charge in [-0.2, -0.15) is 13.2 Å². The predicted octanol–water partition coefficient (Wildman–Crippen LogP) is 1.49. The highest BCUT2D eigenvalue weighted by Crippen LogP contribution is 2.29. The molecule has 0 aromatic rings. The Morgan fingerprint density at radius 1 is 1.55 bits per heavy atom. The summed E-state index contributed by atoms with van der Waals surface area (Å²) in [6.07, 6.45) is -4.27. The molecule has 0 fully saturated rings. The number of aliphatic imine (C=N–C) groups is 1. The van der Waals surface area contributed by atoms with Gasteiger partial charge in [-0.3, -0.25) is 4.99 Å². The van der Waals surface area contributed by atoms with Gasteiger partial charge in [0.05, 0.1) is 12.1 Å². The fourth-order valence-corrected chi connectivity index (χ4v) is 1.14. The SMILES string of the molecule is NC1=NCC(C(F)(F)F)=CS1. The molecule has 2 nitrogen and oxygen atoms in total. The molecule has 0 atom stereocenters. The van der Waals surface area contributed by atoms with Crippen molar-refractivity contribution in [2.24, 2.45) is 10.7 Å². The van der Waals surface area contributed by atoms with E-state index >= 15 is 0 Å². The Kier molecular flexibility index (Phi) is 2.12. The third-order valence-electron chi connectivity index (χ3n) is 1.09. The van der Waals surface area contributed by atoms with E-state index in [9.17, 15) is 13.2 Å². The zero-order valence-electron chi connectivity index (χ0n) is 5.35. The first-order valence-electron chi connectivity index (χ1n) is 2.73. The van der Waals surface area contributed by atoms with Crippen molar-refractivity contribution in [3.63, 3.8) is 0 Å². The fraction of sp³-hybridized carbons (Fsp3) is 0.400. The van der Waals surface area contributed by atoms with Crippen molar-refractivity contribution in [1.29, 1.82) is 0 Å². The van der Waals surface area contributed by atoms with Crippen LogP contribution in [0.5, 0.6) is 0 Å². The van der Waals surface area contributed by atoms with E-state index in [0.717, 1.165) is 17.2 Å². The molecule has 0 unspecified atom stereocenters. The largest absolute Gasteiger partial charge is 0.414 e. The monoisotopic (exact) mass is 182 g/mol. The van der Waals surface area contributed by atoms with Crippen molar-refractivity contribution in [2.75, 3.05) is 6.54 Å². The van der Waals surface area contributed by atoms with E-state index in [1.807, 2.05) is 0 Å². The highest BCUT2D eigenvalue weighted by molar-refractivity contribution is 8.16. The van der Waals surface area contributed by atoms with Gasteiger partial charge in [-0.25, -0.2) is 0 Å². The van der Waals surface area contributed by atoms with Crippen molar-refractivity contribution in [2.45, 2.75) is 6.18 Å². The van der Waals surface area contributed by atoms with Crippen molar-refractivity contribution in [3.8, 4) is 0 Å². The van der Waals surface area contributed by atoms with Crippen molar-refractivity contribution in [1.82, 2.24) is 0 Å². The molecule has 0 aromatic carbocycles. The summed E-state index contributed by atoms with van der Waals surface area (Å²) >= 11 is 0.799. The Bertz CT molecular complexity index is 218. The van der Waals surface area contributed by atoms with Crippen LogP contribution in [0.4, 0.5) is 13.2 Å². The topological polar surface area (TPSA) is 38.4 Å². The molecule has 62 valence electrons. The van der Waals surface area contributed by atoms with Crippen LogP contribution in [0.15, 0.2) is 16.0 Å². The van der Waals surface area contributed by atoms with Crippen LogP contribution < -0.4 is 5.73 Å². The van der Waals surface area contributed by atoms with Crippen LogP contribution in [-0.2, 0) is 0 Å². The molecule has 1 aliphatic rings. The van der Waals surface area contributed by atoms with Crippen molar-refractivity contribution in [3.05, 3.63) is 11.0 Å². The second-order valence-electron chi connectivity index (χ2n) is 1.91. The summed E-state index contributed by atoms with van der Waals surface area (Å²) in [5, 5.41) is 1.17. The second-order valence-corrected chi connectivity index (χ2v) is 2.80. The first-order chi connectivity index (χ1) is 5.00. The van der Waals surface area contributed by atoms with Crippen LogP contribution in [0.1, 0.15) is 0 Å². The number of hydrogen-bond donors (Lipinski definition) is 1. The fourth-order valence-electron chi connectivity index (χ4n) is 0.526. The number of amidine groups is 1. The quantitative estimate of drug-likeness (QED) is 0.616. The van der Waals surface area contributed by atoms with Crippen LogP contribution >= 0.6 is 11.8 Å². The van der Waals surface area contributed by atoms with Crippen LogP contribution in [0, 0.1) is 0 Å². The highest BCUT2D eigenvalue weighted by Gasteiger charge is 2.34. The Balaban J connectivity index is 2.66. The molecule has 2 N–H and O–H groups in total. The van der Waals surface area contributed by atoms with Gasteiger partial charge in [0.15, 0.2) is 5.17 Å². The van der Waals surface area contributed by atoms with Crippen LogP contribution in [-0.4, -0.2) is 17.9 Å². The van der Waals surface area contributed by atoms with Gasteiger partial charge in [-0.15, -0.1) is 0 Å². The lowest BCUT2D eigenvalue weighted by Crippen LogP contribution is -2.19. The summed E-state index contributed by atoms with van der Waals surface area (Å²) in [7, 11) is 0. The molecule has 0 saturated carbocycles. The molecule has 0 radical (unpaired) electrons. The van der Waals surface area contributed by atoms with Gasteiger partial charge in [-0.05, 0) is 5.41 Å². The zero-order chi connectivity index (χ0) is 8.48. The standard InChI is InChI=1S/C5H5F3N2S/c6-5(7,8)3-1-10-4(9)11-2-3/h2H,1H2,(H2,9,10). The Morgan fingerprint density at radius 3 is 2.55 bits per heavy atom. The maximum absolute atomic E-state index is 11.9. The van der Waals surface area contributed by atoms with E-state index in [1.165, 1.54) is 0 Å². The van der Waals surface area contributed by atoms with Crippen molar-refractivity contribution >= 4 is 16.9 Å². The number of nitrogens with two attached hydrogens (primary N) is 1. The molecule has 0 bridgehead atoms. The number of hydrogen-bond acceptors (Lipinski definition) is 3. The Hall–Kier alpha value is -0.650. The van der Waals surface area contributed by atoms with Gasteiger partial charge in [-0.1, -0.05) is 11.8 Å². The van der Waals surface area contributed by atoms with Crippen LogP contribution in [0.25, 0.3) is 0 Å². The third-order valence-corrected chi connectivity index (χ3v) is 1.86. The summed E-state index contributed by atoms with van der Waals surface area (Å²) < 4.78 is 35.6. The number of halogens is 3. The minimum absolute atomic E-state index is 0.179. The lowest BCUT2D eigenvalue weighted by atomic mass is 10.3. The van der Waals surface area contributed by atoms with E-state index in [0.29, 0.717) is 0 Å². The van der Waals surface area contributed by atoms with Gasteiger partial charge in [0.25, 0.3) is 0 Å². The van der Waals surface area contributed by atoms with E-state index in [-0.39, 0.29) is 11.7 Å². The molecular weight excluding hydrogens is 177 g/mol. The molecule has 1 aliphatic heterocycles. The molecule has 0 aromatic heterocycles. The molecule has 1 heterocycles. The van der Waals surface area contributed by atoms with Crippen LogP contribution in [0.2, 0.25) is 0 Å². The normalized spacial score (nSPS) is 19.2. The van der Waals surface area contributed by atoms with Gasteiger partial charge in [0.2, 0.25) is 0 Å². The molecular formula is C5H5F3N2S. The molecule has 1 rings (SSSR count). The van der Waals surface area contributed by atoms with Gasteiger partial charge in [0, 0.05) is 0 Å².